The van der Waals surface area contributed by atoms with Crippen LogP contribution in [-0.2, 0) is 16.0 Å². The molecular weight excluding hydrogens is 551 g/mol. The largest absolute Gasteiger partial charge is 0.507 e. The number of rotatable bonds is 12. The zero-order valence-corrected chi connectivity index (χ0v) is 24.8. The Morgan fingerprint density at radius 2 is 1.72 bits per heavy atom. The average Bonchev–Trinajstić information content (AvgIpc) is 3.04. The van der Waals surface area contributed by atoms with Crippen LogP contribution >= 0.6 is 0 Å². The molecular formula is C34H41FN2O6. The summed E-state index contributed by atoms with van der Waals surface area (Å²) in [6, 6.07) is 17.2. The maximum absolute atomic E-state index is 13.5. The lowest BCUT2D eigenvalue weighted by molar-refractivity contribution is -0.134. The number of halogens is 1. The first-order chi connectivity index (χ1) is 21.0. The highest BCUT2D eigenvalue weighted by molar-refractivity contribution is 5.79. The van der Waals surface area contributed by atoms with E-state index in [2.05, 4.69) is 17.0 Å². The number of piperidine rings is 1. The molecule has 1 N–H and O–H groups in total. The molecule has 9 heteroatoms. The lowest BCUT2D eigenvalue weighted by Crippen LogP contribution is -2.41. The topological polar surface area (TPSA) is 80.7 Å². The van der Waals surface area contributed by atoms with Crippen molar-refractivity contribution in [2.45, 2.75) is 25.7 Å². The summed E-state index contributed by atoms with van der Waals surface area (Å²) in [5.74, 6) is 1.78. The number of phenols is 1. The molecule has 2 aliphatic heterocycles. The third-order valence-corrected chi connectivity index (χ3v) is 8.29. The van der Waals surface area contributed by atoms with E-state index in [-0.39, 0.29) is 18.3 Å². The number of aryl methyl sites for hydroxylation is 1. The van der Waals surface area contributed by atoms with Crippen LogP contribution in [-0.4, -0.2) is 87.1 Å². The number of para-hydroxylation sites is 1. The van der Waals surface area contributed by atoms with Gasteiger partial charge in [-0.1, -0.05) is 24.3 Å². The molecule has 1 amide bonds. The number of aromatic hydroxyl groups is 1. The molecule has 2 saturated heterocycles. The van der Waals surface area contributed by atoms with Crippen molar-refractivity contribution in [1.82, 2.24) is 9.80 Å². The van der Waals surface area contributed by atoms with Crippen LogP contribution in [0.3, 0.4) is 0 Å². The summed E-state index contributed by atoms with van der Waals surface area (Å²) in [6.45, 7) is 6.21. The van der Waals surface area contributed by atoms with Crippen LogP contribution in [0, 0.1) is 11.7 Å². The molecule has 2 aliphatic rings. The Morgan fingerprint density at radius 3 is 2.49 bits per heavy atom. The van der Waals surface area contributed by atoms with E-state index in [0.717, 1.165) is 76.1 Å². The van der Waals surface area contributed by atoms with E-state index in [9.17, 15) is 14.3 Å². The number of likely N-dealkylation sites (tertiary alicyclic amines) is 1. The molecule has 0 radical (unpaired) electrons. The molecule has 3 aromatic rings. The quantitative estimate of drug-likeness (QED) is 0.311. The van der Waals surface area contributed by atoms with Gasteiger partial charge in [0.1, 0.15) is 23.9 Å². The minimum Gasteiger partial charge on any atom is -0.507 e. The van der Waals surface area contributed by atoms with Crippen molar-refractivity contribution >= 4 is 5.91 Å². The summed E-state index contributed by atoms with van der Waals surface area (Å²) < 4.78 is 36.4. The highest BCUT2D eigenvalue weighted by atomic mass is 19.1. The second-order valence-electron chi connectivity index (χ2n) is 11.1. The SMILES string of the molecule is COc1ccc(CCC2CCN(C(=O)COc3ccccc3-c3ccc(F)cc3O)CC2)cc1OCCN1CCOCC1. The molecule has 8 nitrogen and oxygen atoms in total. The third kappa shape index (κ3) is 8.39. The lowest BCUT2D eigenvalue weighted by Gasteiger charge is -2.32. The van der Waals surface area contributed by atoms with Gasteiger partial charge in [0.25, 0.3) is 5.91 Å². The van der Waals surface area contributed by atoms with Gasteiger partial charge in [0.15, 0.2) is 18.1 Å². The Morgan fingerprint density at radius 1 is 0.930 bits per heavy atom. The second kappa shape index (κ2) is 15.1. The van der Waals surface area contributed by atoms with Crippen LogP contribution in [0.25, 0.3) is 11.1 Å². The number of benzene rings is 3. The van der Waals surface area contributed by atoms with Gasteiger partial charge in [-0.3, -0.25) is 9.69 Å². The predicted octanol–water partition coefficient (Wildman–Crippen LogP) is 5.17. The molecule has 5 rings (SSSR count). The molecule has 0 aliphatic carbocycles. The van der Waals surface area contributed by atoms with E-state index in [0.29, 0.717) is 42.5 Å². The van der Waals surface area contributed by atoms with E-state index in [1.165, 1.54) is 17.7 Å². The van der Waals surface area contributed by atoms with E-state index in [1.54, 1.807) is 25.3 Å². The Balaban J connectivity index is 1.07. The highest BCUT2D eigenvalue weighted by Crippen LogP contribution is 2.36. The van der Waals surface area contributed by atoms with Crippen molar-refractivity contribution in [3.05, 3.63) is 72.0 Å². The Kier molecular flexibility index (Phi) is 10.7. The number of amides is 1. The first-order valence-electron chi connectivity index (χ1n) is 15.1. The Bertz CT molecular complexity index is 1350. The number of nitrogens with zero attached hydrogens (tertiary/aromatic N) is 2. The minimum atomic E-state index is -0.517. The number of hydrogen-bond acceptors (Lipinski definition) is 7. The highest BCUT2D eigenvalue weighted by Gasteiger charge is 2.24. The number of carbonyl (C=O) groups excluding carboxylic acids is 1. The molecule has 3 aromatic carbocycles. The molecule has 0 atom stereocenters. The zero-order chi connectivity index (χ0) is 30.0. The number of carbonyl (C=O) groups is 1. The normalized spacial score (nSPS) is 16.2. The summed E-state index contributed by atoms with van der Waals surface area (Å²) >= 11 is 0. The van der Waals surface area contributed by atoms with E-state index in [1.807, 2.05) is 17.0 Å². The number of phenolic OH excluding ortho intramolecular Hbond substituents is 1. The smallest absolute Gasteiger partial charge is 0.260 e. The van der Waals surface area contributed by atoms with Crippen molar-refractivity contribution in [2.75, 3.05) is 66.3 Å². The van der Waals surface area contributed by atoms with Gasteiger partial charge in [0.05, 0.1) is 20.3 Å². The van der Waals surface area contributed by atoms with E-state index in [4.69, 9.17) is 18.9 Å². The first-order valence-corrected chi connectivity index (χ1v) is 15.1. The molecule has 230 valence electrons. The lowest BCUT2D eigenvalue weighted by atomic mass is 9.90. The van der Waals surface area contributed by atoms with Crippen molar-refractivity contribution < 1.29 is 33.2 Å². The predicted molar refractivity (Wildman–Crippen MR) is 162 cm³/mol. The van der Waals surface area contributed by atoms with Gasteiger partial charge < -0.3 is 29.0 Å². The maximum Gasteiger partial charge on any atom is 0.260 e. The van der Waals surface area contributed by atoms with E-state index >= 15 is 0 Å². The fourth-order valence-corrected chi connectivity index (χ4v) is 5.72. The average molecular weight is 593 g/mol. The standard InChI is InChI=1S/C34H41FN2O6/c1-40-32-11-8-26(22-33(32)42-21-18-36-16-19-41-20-17-36)7-6-25-12-14-37(15-13-25)34(39)24-43-31-5-3-2-4-29(31)28-10-9-27(35)23-30(28)38/h2-5,8-11,22-23,25,38H,6-7,12-21,24H2,1H3. The Hall–Kier alpha value is -3.82. The molecule has 2 fully saturated rings. The number of methoxy groups -OCH3 is 1. The molecule has 0 spiro atoms. The van der Waals surface area contributed by atoms with Crippen molar-refractivity contribution in [2.24, 2.45) is 5.92 Å². The molecule has 0 bridgehead atoms. The molecule has 2 heterocycles. The molecule has 0 aromatic heterocycles. The minimum absolute atomic E-state index is 0.0643. The first kappa shape index (κ1) is 30.6. The van der Waals surface area contributed by atoms with Gasteiger partial charge in [0, 0.05) is 49.9 Å². The van der Waals surface area contributed by atoms with Crippen molar-refractivity contribution in [3.8, 4) is 34.1 Å². The molecule has 0 saturated carbocycles. The fraction of sp³-hybridized carbons (Fsp3) is 0.441. The summed E-state index contributed by atoms with van der Waals surface area (Å²) in [6.07, 6.45) is 3.89. The van der Waals surface area contributed by atoms with E-state index < -0.39 is 5.82 Å². The zero-order valence-electron chi connectivity index (χ0n) is 24.8. The summed E-state index contributed by atoms with van der Waals surface area (Å²) in [7, 11) is 1.67. The summed E-state index contributed by atoms with van der Waals surface area (Å²) in [5, 5.41) is 10.2. The second-order valence-corrected chi connectivity index (χ2v) is 11.1. The fourth-order valence-electron chi connectivity index (χ4n) is 5.72. The summed E-state index contributed by atoms with van der Waals surface area (Å²) in [4.78, 5) is 17.2. The van der Waals surface area contributed by atoms with Crippen LogP contribution in [0.2, 0.25) is 0 Å². The number of morpholine rings is 1. The van der Waals surface area contributed by atoms with Crippen LogP contribution in [0.15, 0.2) is 60.7 Å². The summed E-state index contributed by atoms with van der Waals surface area (Å²) in [5.41, 5.74) is 2.28. The van der Waals surface area contributed by atoms with Gasteiger partial charge in [-0.2, -0.15) is 0 Å². The third-order valence-electron chi connectivity index (χ3n) is 8.29. The monoisotopic (exact) mass is 592 g/mol. The van der Waals surface area contributed by atoms with Gasteiger partial charge in [0.2, 0.25) is 0 Å². The molecule has 0 unspecified atom stereocenters. The van der Waals surface area contributed by atoms with Gasteiger partial charge >= 0.3 is 0 Å². The van der Waals surface area contributed by atoms with Crippen LogP contribution in [0.4, 0.5) is 4.39 Å². The van der Waals surface area contributed by atoms with Crippen LogP contribution < -0.4 is 14.2 Å². The van der Waals surface area contributed by atoms with Gasteiger partial charge in [-0.25, -0.2) is 4.39 Å². The number of hydrogen-bond donors (Lipinski definition) is 1. The maximum atomic E-state index is 13.5. The molecule has 43 heavy (non-hydrogen) atoms. The van der Waals surface area contributed by atoms with Crippen molar-refractivity contribution in [1.29, 1.82) is 0 Å². The van der Waals surface area contributed by atoms with Crippen LogP contribution in [0.1, 0.15) is 24.8 Å². The van der Waals surface area contributed by atoms with Crippen LogP contribution in [0.5, 0.6) is 23.0 Å². The van der Waals surface area contributed by atoms with Crippen molar-refractivity contribution in [3.63, 3.8) is 0 Å². The van der Waals surface area contributed by atoms with Gasteiger partial charge in [-0.05, 0) is 67.5 Å². The number of ether oxygens (including phenoxy) is 4. The Labute approximate surface area is 252 Å². The van der Waals surface area contributed by atoms with Gasteiger partial charge in [-0.15, -0.1) is 0 Å².